The molecule has 1 atom stereocenters. The summed E-state index contributed by atoms with van der Waals surface area (Å²) in [6, 6.07) is 14.3. The molecule has 0 aliphatic heterocycles. The van der Waals surface area contributed by atoms with Crippen LogP contribution in [0.5, 0.6) is 0 Å². The van der Waals surface area contributed by atoms with Gasteiger partial charge in [0.25, 0.3) is 11.8 Å². The van der Waals surface area contributed by atoms with E-state index < -0.39 is 24.5 Å². The zero-order chi connectivity index (χ0) is 20.5. The molecule has 7 heteroatoms. The number of rotatable bonds is 8. The van der Waals surface area contributed by atoms with Crippen molar-refractivity contribution in [3.63, 3.8) is 0 Å². The van der Waals surface area contributed by atoms with Gasteiger partial charge in [0, 0.05) is 16.3 Å². The zero-order valence-electron chi connectivity index (χ0n) is 15.8. The molecule has 0 bridgehead atoms. The monoisotopic (exact) mass is 402 g/mol. The first-order valence-corrected chi connectivity index (χ1v) is 9.31. The summed E-state index contributed by atoms with van der Waals surface area (Å²) in [5, 5.41) is 5.84. The smallest absolute Gasteiger partial charge is 0.329 e. The lowest BCUT2D eigenvalue weighted by molar-refractivity contribution is -0.149. The summed E-state index contributed by atoms with van der Waals surface area (Å²) >= 11 is 5.80. The van der Waals surface area contributed by atoms with Crippen LogP contribution in [0.1, 0.15) is 30.6 Å². The van der Waals surface area contributed by atoms with Gasteiger partial charge in [0.1, 0.15) is 6.04 Å². The summed E-state index contributed by atoms with van der Waals surface area (Å²) in [7, 11) is 0. The molecule has 28 heavy (non-hydrogen) atoms. The van der Waals surface area contributed by atoms with Gasteiger partial charge in [0.05, 0.1) is 0 Å². The van der Waals surface area contributed by atoms with Crippen molar-refractivity contribution in [3.05, 3.63) is 65.2 Å². The molecule has 0 aromatic heterocycles. The van der Waals surface area contributed by atoms with Gasteiger partial charge in [-0.3, -0.25) is 9.59 Å². The van der Waals surface area contributed by atoms with Crippen molar-refractivity contribution >= 4 is 35.1 Å². The van der Waals surface area contributed by atoms with Crippen molar-refractivity contribution in [2.24, 2.45) is 5.92 Å². The minimum absolute atomic E-state index is 0.150. The number of carbonyl (C=O) groups excluding carboxylic acids is 3. The molecular formula is C21H23ClN2O4. The molecule has 148 valence electrons. The van der Waals surface area contributed by atoms with Gasteiger partial charge in [-0.1, -0.05) is 43.6 Å². The highest BCUT2D eigenvalue weighted by Gasteiger charge is 2.24. The second-order valence-electron chi connectivity index (χ2n) is 6.68. The summed E-state index contributed by atoms with van der Waals surface area (Å²) in [6.45, 7) is 3.42. The Labute approximate surface area is 169 Å². The van der Waals surface area contributed by atoms with Gasteiger partial charge >= 0.3 is 5.97 Å². The van der Waals surface area contributed by atoms with Crippen LogP contribution in [0, 0.1) is 5.92 Å². The normalized spacial score (nSPS) is 11.6. The van der Waals surface area contributed by atoms with E-state index in [2.05, 4.69) is 10.6 Å². The molecule has 0 heterocycles. The first-order valence-electron chi connectivity index (χ1n) is 8.93. The van der Waals surface area contributed by atoms with Crippen molar-refractivity contribution in [2.75, 3.05) is 11.9 Å². The molecule has 6 nitrogen and oxygen atoms in total. The Bertz CT molecular complexity index is 807. The van der Waals surface area contributed by atoms with Crippen LogP contribution >= 0.6 is 11.6 Å². The van der Waals surface area contributed by atoms with E-state index in [1.807, 2.05) is 13.8 Å². The summed E-state index contributed by atoms with van der Waals surface area (Å²) in [5.74, 6) is -1.34. The lowest BCUT2D eigenvalue weighted by Gasteiger charge is -2.19. The molecule has 2 aromatic rings. The SMILES string of the molecule is CC(C)C[C@H](NC(=O)c1ccccc1)C(=O)OCC(=O)Nc1ccc(Cl)cc1. The predicted molar refractivity (Wildman–Crippen MR) is 108 cm³/mol. The fraction of sp³-hybridized carbons (Fsp3) is 0.286. The van der Waals surface area contributed by atoms with Gasteiger partial charge < -0.3 is 15.4 Å². The van der Waals surface area contributed by atoms with Crippen LogP contribution in [-0.4, -0.2) is 30.4 Å². The minimum Gasteiger partial charge on any atom is -0.454 e. The third-order valence-electron chi connectivity index (χ3n) is 3.81. The molecule has 0 unspecified atom stereocenters. The van der Waals surface area contributed by atoms with Crippen molar-refractivity contribution in [1.82, 2.24) is 5.32 Å². The highest BCUT2D eigenvalue weighted by atomic mass is 35.5. The molecule has 0 aliphatic rings. The van der Waals surface area contributed by atoms with E-state index >= 15 is 0 Å². The highest BCUT2D eigenvalue weighted by Crippen LogP contribution is 2.13. The molecule has 0 fully saturated rings. The topological polar surface area (TPSA) is 84.5 Å². The van der Waals surface area contributed by atoms with E-state index in [4.69, 9.17) is 16.3 Å². The molecule has 2 N–H and O–H groups in total. The van der Waals surface area contributed by atoms with Crippen molar-refractivity contribution in [3.8, 4) is 0 Å². The zero-order valence-corrected chi connectivity index (χ0v) is 16.5. The number of benzene rings is 2. The Morgan fingerprint density at radius 2 is 1.64 bits per heavy atom. The molecule has 2 aromatic carbocycles. The number of esters is 1. The van der Waals surface area contributed by atoms with E-state index in [1.165, 1.54) is 0 Å². The summed E-state index contributed by atoms with van der Waals surface area (Å²) in [6.07, 6.45) is 0.399. The Morgan fingerprint density at radius 1 is 1.00 bits per heavy atom. The van der Waals surface area contributed by atoms with Gasteiger partial charge in [-0.05, 0) is 48.7 Å². The fourth-order valence-corrected chi connectivity index (χ4v) is 2.61. The van der Waals surface area contributed by atoms with E-state index in [0.717, 1.165) is 0 Å². The first kappa shape index (κ1) is 21.4. The average molecular weight is 403 g/mol. The number of ether oxygens (including phenoxy) is 1. The Hall–Kier alpha value is -2.86. The maximum absolute atomic E-state index is 12.4. The van der Waals surface area contributed by atoms with Gasteiger partial charge in [-0.15, -0.1) is 0 Å². The Kier molecular flexibility index (Phi) is 8.02. The van der Waals surface area contributed by atoms with Gasteiger partial charge in [-0.25, -0.2) is 4.79 Å². The third-order valence-corrected chi connectivity index (χ3v) is 4.06. The largest absolute Gasteiger partial charge is 0.454 e. The van der Waals surface area contributed by atoms with E-state index in [-0.39, 0.29) is 11.8 Å². The van der Waals surface area contributed by atoms with Crippen LogP contribution in [0.4, 0.5) is 5.69 Å². The number of hydrogen-bond donors (Lipinski definition) is 2. The third kappa shape index (κ3) is 7.04. The van der Waals surface area contributed by atoms with Crippen LogP contribution in [-0.2, 0) is 14.3 Å². The number of halogens is 1. The minimum atomic E-state index is -0.837. The van der Waals surface area contributed by atoms with Crippen LogP contribution in [0.3, 0.4) is 0 Å². The second-order valence-corrected chi connectivity index (χ2v) is 7.12. The van der Waals surface area contributed by atoms with Crippen molar-refractivity contribution in [1.29, 1.82) is 0 Å². The molecule has 2 amide bonds. The van der Waals surface area contributed by atoms with Gasteiger partial charge in [0.15, 0.2) is 6.61 Å². The summed E-state index contributed by atoms with van der Waals surface area (Å²) in [4.78, 5) is 36.7. The van der Waals surface area contributed by atoms with Gasteiger partial charge in [0.2, 0.25) is 0 Å². The maximum Gasteiger partial charge on any atom is 0.329 e. The summed E-state index contributed by atoms with van der Waals surface area (Å²) < 4.78 is 5.11. The molecule has 0 saturated heterocycles. The number of nitrogens with one attached hydrogen (secondary N) is 2. The first-order chi connectivity index (χ1) is 13.3. The van der Waals surface area contributed by atoms with Crippen LogP contribution in [0.2, 0.25) is 5.02 Å². The lowest BCUT2D eigenvalue weighted by Crippen LogP contribution is -2.43. The molecule has 0 aliphatic carbocycles. The van der Waals surface area contributed by atoms with E-state index in [0.29, 0.717) is 22.7 Å². The summed E-state index contributed by atoms with van der Waals surface area (Å²) in [5.41, 5.74) is 0.992. The van der Waals surface area contributed by atoms with Gasteiger partial charge in [-0.2, -0.15) is 0 Å². The molecule has 0 radical (unpaired) electrons. The number of amides is 2. The fourth-order valence-electron chi connectivity index (χ4n) is 2.48. The highest BCUT2D eigenvalue weighted by molar-refractivity contribution is 6.30. The lowest BCUT2D eigenvalue weighted by atomic mass is 10.0. The average Bonchev–Trinajstić information content (AvgIpc) is 2.67. The number of hydrogen-bond acceptors (Lipinski definition) is 4. The van der Waals surface area contributed by atoms with Crippen LogP contribution in [0.15, 0.2) is 54.6 Å². The second kappa shape index (κ2) is 10.5. The number of anilines is 1. The molecule has 2 rings (SSSR count). The Balaban J connectivity index is 1.91. The molecule has 0 spiro atoms. The van der Waals surface area contributed by atoms with Crippen molar-refractivity contribution < 1.29 is 19.1 Å². The van der Waals surface area contributed by atoms with Crippen molar-refractivity contribution in [2.45, 2.75) is 26.3 Å². The predicted octanol–water partition coefficient (Wildman–Crippen LogP) is 3.67. The molecular weight excluding hydrogens is 380 g/mol. The van der Waals surface area contributed by atoms with Crippen LogP contribution < -0.4 is 10.6 Å². The van der Waals surface area contributed by atoms with Crippen LogP contribution in [0.25, 0.3) is 0 Å². The number of carbonyl (C=O) groups is 3. The van der Waals surface area contributed by atoms with E-state index in [1.54, 1.807) is 54.6 Å². The quantitative estimate of drug-likeness (QED) is 0.660. The maximum atomic E-state index is 12.4. The molecule has 0 saturated carbocycles. The Morgan fingerprint density at radius 3 is 2.25 bits per heavy atom. The van der Waals surface area contributed by atoms with E-state index in [9.17, 15) is 14.4 Å². The standard InChI is InChI=1S/C21H23ClN2O4/c1-14(2)12-18(24-20(26)15-6-4-3-5-7-15)21(27)28-13-19(25)23-17-10-8-16(22)9-11-17/h3-11,14,18H,12-13H2,1-2H3,(H,23,25)(H,24,26)/t18-/m0/s1.